The van der Waals surface area contributed by atoms with Gasteiger partial charge in [0.25, 0.3) is 5.56 Å². The first-order valence-electron chi connectivity index (χ1n) is 6.30. The number of hydrogen-bond donors (Lipinski definition) is 0. The molecular weight excluding hydrogens is 288 g/mol. The zero-order valence-corrected chi connectivity index (χ0v) is 12.9. The van der Waals surface area contributed by atoms with Crippen molar-refractivity contribution in [3.8, 4) is 0 Å². The Hall–Kier alpha value is -1.59. The highest BCUT2D eigenvalue weighted by molar-refractivity contribution is 7.98. The molecule has 3 aromatic rings. The maximum atomic E-state index is 12.0. The summed E-state index contributed by atoms with van der Waals surface area (Å²) in [6.45, 7) is 4.08. The van der Waals surface area contributed by atoms with Crippen LogP contribution in [0.2, 0.25) is 0 Å². The molecule has 0 saturated carbocycles. The van der Waals surface area contributed by atoms with Gasteiger partial charge in [-0.2, -0.15) is 0 Å². The molecule has 0 atom stereocenters. The molecule has 2 aromatic heterocycles. The van der Waals surface area contributed by atoms with Crippen LogP contribution in [0.25, 0.3) is 4.96 Å². The van der Waals surface area contributed by atoms with E-state index in [9.17, 15) is 4.79 Å². The molecule has 0 aliphatic heterocycles. The molecule has 0 amide bonds. The molecule has 0 fully saturated rings. The van der Waals surface area contributed by atoms with Crippen molar-refractivity contribution < 1.29 is 0 Å². The summed E-state index contributed by atoms with van der Waals surface area (Å²) in [6, 6.07) is 9.88. The maximum absolute atomic E-state index is 12.0. The van der Waals surface area contributed by atoms with Crippen LogP contribution in [0.1, 0.15) is 16.1 Å². The second kappa shape index (κ2) is 5.42. The van der Waals surface area contributed by atoms with Gasteiger partial charge in [-0.1, -0.05) is 18.2 Å². The zero-order chi connectivity index (χ0) is 14.1. The zero-order valence-electron chi connectivity index (χ0n) is 11.3. The molecule has 0 bridgehead atoms. The van der Waals surface area contributed by atoms with E-state index in [1.54, 1.807) is 33.6 Å². The third kappa shape index (κ3) is 2.64. The first-order chi connectivity index (χ1) is 9.63. The van der Waals surface area contributed by atoms with Gasteiger partial charge in [0.2, 0.25) is 0 Å². The van der Waals surface area contributed by atoms with Crippen LogP contribution in [0, 0.1) is 13.8 Å². The van der Waals surface area contributed by atoms with Gasteiger partial charge in [-0.15, -0.1) is 23.1 Å². The van der Waals surface area contributed by atoms with Crippen LogP contribution in [-0.2, 0) is 5.75 Å². The number of rotatable bonds is 3. The number of thioether (sulfide) groups is 1. The van der Waals surface area contributed by atoms with Gasteiger partial charge in [-0.25, -0.2) is 4.98 Å². The van der Waals surface area contributed by atoms with Gasteiger partial charge in [0, 0.05) is 27.8 Å². The molecule has 0 spiro atoms. The van der Waals surface area contributed by atoms with Gasteiger partial charge in [0.15, 0.2) is 4.96 Å². The Labute approximate surface area is 125 Å². The topological polar surface area (TPSA) is 34.4 Å². The van der Waals surface area contributed by atoms with Crippen LogP contribution < -0.4 is 5.56 Å². The fraction of sp³-hybridized carbons (Fsp3) is 0.200. The number of aryl methyl sites for hydroxylation is 2. The molecule has 3 nitrogen and oxygen atoms in total. The summed E-state index contributed by atoms with van der Waals surface area (Å²) < 4.78 is 1.61. The second-order valence-corrected chi connectivity index (χ2v) is 6.86. The normalized spacial score (nSPS) is 11.1. The van der Waals surface area contributed by atoms with Crippen molar-refractivity contribution in [2.45, 2.75) is 24.5 Å². The fourth-order valence-electron chi connectivity index (χ4n) is 2.00. The number of nitrogens with zero attached hydrogens (tertiary/aromatic N) is 2. The van der Waals surface area contributed by atoms with Crippen molar-refractivity contribution in [1.82, 2.24) is 9.38 Å². The van der Waals surface area contributed by atoms with Crippen molar-refractivity contribution in [2.24, 2.45) is 0 Å². The standard InChI is InChI=1S/C15H14N2OS2/c1-10-5-3-4-6-13(10)19-9-12-7-14(18)17-8-11(2)20-15(17)16-12/h3-8H,9H2,1-2H3. The van der Waals surface area contributed by atoms with E-state index in [1.165, 1.54) is 10.5 Å². The van der Waals surface area contributed by atoms with Crippen LogP contribution in [0.3, 0.4) is 0 Å². The van der Waals surface area contributed by atoms with Crippen LogP contribution >= 0.6 is 23.1 Å². The van der Waals surface area contributed by atoms with Gasteiger partial charge >= 0.3 is 0 Å². The molecule has 0 unspecified atom stereocenters. The molecular formula is C15H14N2OS2. The number of hydrogen-bond acceptors (Lipinski definition) is 4. The number of benzene rings is 1. The highest BCUT2D eigenvalue weighted by Crippen LogP contribution is 2.25. The average Bonchev–Trinajstić information content (AvgIpc) is 2.79. The van der Waals surface area contributed by atoms with E-state index in [0.717, 1.165) is 15.5 Å². The lowest BCUT2D eigenvalue weighted by Gasteiger charge is -2.04. The molecule has 5 heteroatoms. The summed E-state index contributed by atoms with van der Waals surface area (Å²) in [6.07, 6.45) is 1.84. The van der Waals surface area contributed by atoms with E-state index in [0.29, 0.717) is 5.75 Å². The SMILES string of the molecule is Cc1cn2c(=O)cc(CSc3ccccc3C)nc2s1. The van der Waals surface area contributed by atoms with E-state index in [2.05, 4.69) is 24.0 Å². The van der Waals surface area contributed by atoms with Gasteiger partial charge in [-0.05, 0) is 25.5 Å². The van der Waals surface area contributed by atoms with Crippen molar-refractivity contribution >= 4 is 28.1 Å². The summed E-state index contributed by atoms with van der Waals surface area (Å²) in [5.41, 5.74) is 2.09. The van der Waals surface area contributed by atoms with Crippen LogP contribution in [0.5, 0.6) is 0 Å². The number of fused-ring (bicyclic) bond motifs is 1. The molecule has 102 valence electrons. The molecule has 0 N–H and O–H groups in total. The Balaban J connectivity index is 1.88. The maximum Gasteiger partial charge on any atom is 0.258 e. The second-order valence-electron chi connectivity index (χ2n) is 4.63. The molecule has 0 aliphatic carbocycles. The summed E-state index contributed by atoms with van der Waals surface area (Å²) in [7, 11) is 0. The third-order valence-corrected chi connectivity index (χ3v) is 5.11. The Kier molecular flexibility index (Phi) is 3.63. The number of thiazole rings is 1. The first-order valence-corrected chi connectivity index (χ1v) is 8.11. The smallest absolute Gasteiger partial charge is 0.258 e. The third-order valence-electron chi connectivity index (χ3n) is 3.01. The highest BCUT2D eigenvalue weighted by atomic mass is 32.2. The van der Waals surface area contributed by atoms with E-state index in [-0.39, 0.29) is 5.56 Å². The van der Waals surface area contributed by atoms with Gasteiger partial charge in [0.05, 0.1) is 5.69 Å². The van der Waals surface area contributed by atoms with Crippen molar-refractivity contribution in [2.75, 3.05) is 0 Å². The van der Waals surface area contributed by atoms with Crippen molar-refractivity contribution in [3.05, 3.63) is 63.0 Å². The quantitative estimate of drug-likeness (QED) is 0.692. The predicted molar refractivity (Wildman–Crippen MR) is 84.8 cm³/mol. The molecule has 0 aliphatic rings. The van der Waals surface area contributed by atoms with Crippen LogP contribution in [-0.4, -0.2) is 9.38 Å². The lowest BCUT2D eigenvalue weighted by molar-refractivity contribution is 1.03. The van der Waals surface area contributed by atoms with E-state index in [1.807, 2.05) is 25.3 Å². The van der Waals surface area contributed by atoms with E-state index >= 15 is 0 Å². The van der Waals surface area contributed by atoms with Crippen LogP contribution in [0.15, 0.2) is 46.2 Å². The van der Waals surface area contributed by atoms with Gasteiger partial charge < -0.3 is 0 Å². The monoisotopic (exact) mass is 302 g/mol. The first kappa shape index (κ1) is 13.4. The summed E-state index contributed by atoms with van der Waals surface area (Å²) in [5.74, 6) is 0.716. The summed E-state index contributed by atoms with van der Waals surface area (Å²) >= 11 is 3.27. The molecule has 3 rings (SSSR count). The Morgan fingerprint density at radius 1 is 1.30 bits per heavy atom. The summed E-state index contributed by atoms with van der Waals surface area (Å²) in [5, 5.41) is 0. The Morgan fingerprint density at radius 3 is 2.90 bits per heavy atom. The number of aromatic nitrogens is 2. The molecule has 20 heavy (non-hydrogen) atoms. The Morgan fingerprint density at radius 2 is 2.10 bits per heavy atom. The van der Waals surface area contributed by atoms with Crippen molar-refractivity contribution in [1.29, 1.82) is 0 Å². The Bertz CT molecular complexity index is 820. The van der Waals surface area contributed by atoms with Gasteiger partial charge in [-0.3, -0.25) is 9.20 Å². The lowest BCUT2D eigenvalue weighted by atomic mass is 10.2. The summed E-state index contributed by atoms with van der Waals surface area (Å²) in [4.78, 5) is 19.7. The van der Waals surface area contributed by atoms with Crippen LogP contribution in [0.4, 0.5) is 0 Å². The fourth-order valence-corrected chi connectivity index (χ4v) is 3.77. The molecule has 2 heterocycles. The van der Waals surface area contributed by atoms with Crippen molar-refractivity contribution in [3.63, 3.8) is 0 Å². The largest absolute Gasteiger partial charge is 0.269 e. The minimum absolute atomic E-state index is 0.000247. The minimum Gasteiger partial charge on any atom is -0.269 e. The van der Waals surface area contributed by atoms with E-state index in [4.69, 9.17) is 0 Å². The molecule has 0 saturated heterocycles. The van der Waals surface area contributed by atoms with E-state index < -0.39 is 0 Å². The molecule has 1 aromatic carbocycles. The minimum atomic E-state index is -0.000247. The average molecular weight is 302 g/mol. The highest BCUT2D eigenvalue weighted by Gasteiger charge is 2.06. The lowest BCUT2D eigenvalue weighted by Crippen LogP contribution is -2.12. The predicted octanol–water partition coefficient (Wildman–Crippen LogP) is 3.67. The molecule has 0 radical (unpaired) electrons. The van der Waals surface area contributed by atoms with Gasteiger partial charge in [0.1, 0.15) is 0 Å².